The lowest BCUT2D eigenvalue weighted by Gasteiger charge is -2.26. The third-order valence-corrected chi connectivity index (χ3v) is 8.13. The molecule has 1 saturated heterocycles. The zero-order chi connectivity index (χ0) is 22.1. The summed E-state index contributed by atoms with van der Waals surface area (Å²) in [6.07, 6.45) is 0.712. The molecule has 0 atom stereocenters. The number of hydrogen-bond donors (Lipinski definition) is 1. The van der Waals surface area contributed by atoms with Gasteiger partial charge in [0.05, 0.1) is 11.4 Å². The van der Waals surface area contributed by atoms with Crippen LogP contribution in [0.1, 0.15) is 55.0 Å². The molecule has 6 nitrogen and oxygen atoms in total. The summed E-state index contributed by atoms with van der Waals surface area (Å²) in [6, 6.07) is 0. The van der Waals surface area contributed by atoms with Gasteiger partial charge in [0.1, 0.15) is 0 Å². The highest BCUT2D eigenvalue weighted by Gasteiger charge is 2.31. The minimum atomic E-state index is -3.58. The van der Waals surface area contributed by atoms with Crippen LogP contribution in [0.2, 0.25) is 0 Å². The highest BCUT2D eigenvalue weighted by atomic mass is 32.2. The van der Waals surface area contributed by atoms with Gasteiger partial charge in [-0.2, -0.15) is 4.31 Å². The number of hydrogen-bond acceptors (Lipinski definition) is 4. The van der Waals surface area contributed by atoms with Crippen molar-refractivity contribution in [1.82, 2.24) is 14.5 Å². The molecule has 1 aliphatic heterocycles. The topological polar surface area (TPSA) is 69.7 Å². The van der Waals surface area contributed by atoms with Crippen molar-refractivity contribution in [2.45, 2.75) is 72.2 Å². The van der Waals surface area contributed by atoms with Crippen LogP contribution in [-0.2, 0) is 14.8 Å². The van der Waals surface area contributed by atoms with Gasteiger partial charge in [-0.1, -0.05) is 0 Å². The second-order valence-electron chi connectivity index (χ2n) is 9.29. The Kier molecular flexibility index (Phi) is 7.18. The summed E-state index contributed by atoms with van der Waals surface area (Å²) in [5.41, 5.74) is 4.66. The Morgan fingerprint density at radius 3 is 1.90 bits per heavy atom. The number of nitrogens with zero attached hydrogens (tertiary/aromatic N) is 2. The molecular weight excluding hydrogens is 386 g/mol. The molecule has 1 amide bonds. The van der Waals surface area contributed by atoms with Crippen LogP contribution in [-0.4, -0.2) is 61.8 Å². The van der Waals surface area contributed by atoms with Gasteiger partial charge in [-0.3, -0.25) is 9.69 Å². The van der Waals surface area contributed by atoms with Crippen LogP contribution < -0.4 is 5.32 Å². The molecule has 0 unspecified atom stereocenters. The van der Waals surface area contributed by atoms with E-state index in [0.29, 0.717) is 44.0 Å². The first-order chi connectivity index (χ1) is 13.3. The van der Waals surface area contributed by atoms with Crippen molar-refractivity contribution in [2.75, 3.05) is 32.7 Å². The van der Waals surface area contributed by atoms with Crippen LogP contribution in [0.3, 0.4) is 0 Å². The van der Waals surface area contributed by atoms with Crippen LogP contribution in [0.5, 0.6) is 0 Å². The van der Waals surface area contributed by atoms with E-state index in [4.69, 9.17) is 0 Å². The molecule has 0 radical (unpaired) electrons. The Labute approximate surface area is 176 Å². The molecule has 1 fully saturated rings. The number of sulfonamides is 1. The molecule has 1 aliphatic rings. The van der Waals surface area contributed by atoms with E-state index < -0.39 is 10.0 Å². The Bertz CT molecular complexity index is 857. The van der Waals surface area contributed by atoms with Crippen LogP contribution in [0.25, 0.3) is 0 Å². The highest BCUT2D eigenvalue weighted by Crippen LogP contribution is 2.31. The van der Waals surface area contributed by atoms with Crippen molar-refractivity contribution >= 4 is 15.9 Å². The van der Waals surface area contributed by atoms with Crippen molar-refractivity contribution in [3.63, 3.8) is 0 Å². The highest BCUT2D eigenvalue weighted by molar-refractivity contribution is 7.89. The zero-order valence-electron chi connectivity index (χ0n) is 19.3. The molecule has 29 heavy (non-hydrogen) atoms. The van der Waals surface area contributed by atoms with Crippen LogP contribution in [0, 0.1) is 34.6 Å². The lowest BCUT2D eigenvalue weighted by Crippen LogP contribution is -2.46. The van der Waals surface area contributed by atoms with E-state index in [1.165, 1.54) is 0 Å². The summed E-state index contributed by atoms with van der Waals surface area (Å²) in [7, 11) is -3.58. The molecule has 0 aliphatic carbocycles. The van der Waals surface area contributed by atoms with E-state index in [2.05, 4.69) is 5.32 Å². The maximum absolute atomic E-state index is 13.5. The Balaban J connectivity index is 2.21. The summed E-state index contributed by atoms with van der Waals surface area (Å²) in [4.78, 5) is 14.7. The van der Waals surface area contributed by atoms with E-state index in [0.717, 1.165) is 27.8 Å². The van der Waals surface area contributed by atoms with E-state index in [-0.39, 0.29) is 11.4 Å². The predicted octanol–water partition coefficient (Wildman–Crippen LogP) is 2.84. The number of amides is 1. The monoisotopic (exact) mass is 423 g/mol. The van der Waals surface area contributed by atoms with Gasteiger partial charge in [-0.15, -0.1) is 0 Å². The Hall–Kier alpha value is -1.44. The molecule has 1 aromatic rings. The number of carbonyl (C=O) groups excluding carboxylic acids is 1. The quantitative estimate of drug-likeness (QED) is 0.808. The minimum absolute atomic E-state index is 0.0229. The molecule has 164 valence electrons. The van der Waals surface area contributed by atoms with Crippen molar-refractivity contribution in [3.05, 3.63) is 27.8 Å². The number of carbonyl (C=O) groups is 1. The first-order valence-corrected chi connectivity index (χ1v) is 11.8. The molecule has 0 saturated carbocycles. The van der Waals surface area contributed by atoms with E-state index in [1.807, 2.05) is 60.3 Å². The van der Waals surface area contributed by atoms with Gasteiger partial charge in [0, 0.05) is 25.2 Å². The standard InChI is InChI=1S/C22H37N3O3S/c1-15-16(2)18(4)21(19(5)17(15)3)29(27,28)25-11-9-10-24(12-13-25)14-20(26)23-22(6,7)8/h9-14H2,1-8H3,(H,23,26). The van der Waals surface area contributed by atoms with Crippen molar-refractivity contribution < 1.29 is 13.2 Å². The van der Waals surface area contributed by atoms with Crippen LogP contribution in [0.4, 0.5) is 0 Å². The molecule has 2 rings (SSSR count). The minimum Gasteiger partial charge on any atom is -0.350 e. The summed E-state index contributed by atoms with van der Waals surface area (Å²) >= 11 is 0. The third-order valence-electron chi connectivity index (χ3n) is 5.96. The van der Waals surface area contributed by atoms with E-state index >= 15 is 0 Å². The average Bonchev–Trinajstić information content (AvgIpc) is 2.82. The molecule has 0 aromatic heterocycles. The molecule has 1 N–H and O–H groups in total. The second kappa shape index (κ2) is 8.74. The second-order valence-corrected chi connectivity index (χ2v) is 11.2. The summed E-state index contributed by atoms with van der Waals surface area (Å²) in [6.45, 7) is 18.2. The lowest BCUT2D eigenvalue weighted by atomic mass is 9.95. The molecular formula is C22H37N3O3S. The van der Waals surface area contributed by atoms with Crippen molar-refractivity contribution in [2.24, 2.45) is 0 Å². The SMILES string of the molecule is Cc1c(C)c(C)c(S(=O)(=O)N2CCCN(CC(=O)NC(C)(C)C)CC2)c(C)c1C. The van der Waals surface area contributed by atoms with Crippen molar-refractivity contribution in [1.29, 1.82) is 0 Å². The summed E-state index contributed by atoms with van der Waals surface area (Å²) < 4.78 is 28.7. The first kappa shape index (κ1) is 23.8. The summed E-state index contributed by atoms with van der Waals surface area (Å²) in [5.74, 6) is -0.0229. The number of rotatable bonds is 4. The maximum atomic E-state index is 13.5. The predicted molar refractivity (Wildman–Crippen MR) is 118 cm³/mol. The number of nitrogens with one attached hydrogen (secondary N) is 1. The van der Waals surface area contributed by atoms with Gasteiger partial charge in [-0.25, -0.2) is 8.42 Å². The smallest absolute Gasteiger partial charge is 0.243 e. The maximum Gasteiger partial charge on any atom is 0.243 e. The average molecular weight is 424 g/mol. The van der Waals surface area contributed by atoms with Gasteiger partial charge < -0.3 is 5.32 Å². The molecule has 1 aromatic carbocycles. The van der Waals surface area contributed by atoms with E-state index in [1.54, 1.807) is 4.31 Å². The van der Waals surface area contributed by atoms with Crippen LogP contribution >= 0.6 is 0 Å². The third kappa shape index (κ3) is 5.38. The normalized spacial score (nSPS) is 17.2. The molecule has 0 spiro atoms. The van der Waals surface area contributed by atoms with Gasteiger partial charge in [0.15, 0.2) is 0 Å². The van der Waals surface area contributed by atoms with Crippen molar-refractivity contribution in [3.8, 4) is 0 Å². The largest absolute Gasteiger partial charge is 0.350 e. The Morgan fingerprint density at radius 1 is 0.862 bits per heavy atom. The first-order valence-electron chi connectivity index (χ1n) is 10.4. The van der Waals surface area contributed by atoms with Gasteiger partial charge >= 0.3 is 0 Å². The fourth-order valence-electron chi connectivity index (χ4n) is 3.99. The summed E-state index contributed by atoms with van der Waals surface area (Å²) in [5, 5.41) is 2.97. The fourth-order valence-corrected chi connectivity index (χ4v) is 6.02. The van der Waals surface area contributed by atoms with Gasteiger partial charge in [0.25, 0.3) is 0 Å². The van der Waals surface area contributed by atoms with Gasteiger partial charge in [0.2, 0.25) is 15.9 Å². The lowest BCUT2D eigenvalue weighted by molar-refractivity contribution is -0.123. The van der Waals surface area contributed by atoms with Crippen LogP contribution in [0.15, 0.2) is 4.90 Å². The number of benzene rings is 1. The Morgan fingerprint density at radius 2 is 1.38 bits per heavy atom. The zero-order valence-corrected chi connectivity index (χ0v) is 20.1. The van der Waals surface area contributed by atoms with E-state index in [9.17, 15) is 13.2 Å². The molecule has 1 heterocycles. The molecule has 7 heteroatoms. The molecule has 0 bridgehead atoms. The van der Waals surface area contributed by atoms with Gasteiger partial charge in [-0.05, 0) is 96.2 Å². The fraction of sp³-hybridized carbons (Fsp3) is 0.682.